The molecule has 35 heavy (non-hydrogen) atoms. The molecule has 1 spiro atoms. The highest BCUT2D eigenvalue weighted by atomic mass is 16.6. The molecular formula is C28H38O7. The molecule has 0 N–H and O–H groups in total. The Hall–Kier alpha value is -2.19. The monoisotopic (exact) mass is 486 g/mol. The molecule has 6 atom stereocenters. The van der Waals surface area contributed by atoms with Crippen LogP contribution < -0.4 is 4.74 Å². The Bertz CT molecular complexity index is 929. The third-order valence-corrected chi connectivity index (χ3v) is 7.35. The van der Waals surface area contributed by atoms with Crippen LogP contribution in [0.5, 0.6) is 5.75 Å². The fraction of sp³-hybridized carbons (Fsp3) is 0.607. The van der Waals surface area contributed by atoms with Gasteiger partial charge in [-0.3, -0.25) is 0 Å². The van der Waals surface area contributed by atoms with E-state index in [1.54, 1.807) is 20.3 Å². The summed E-state index contributed by atoms with van der Waals surface area (Å²) in [6.07, 6.45) is 7.31. The number of epoxide rings is 2. The lowest BCUT2D eigenvalue weighted by Crippen LogP contribution is -2.55. The van der Waals surface area contributed by atoms with Crippen molar-refractivity contribution in [3.05, 3.63) is 47.6 Å². The van der Waals surface area contributed by atoms with Crippen molar-refractivity contribution in [1.29, 1.82) is 0 Å². The highest BCUT2D eigenvalue weighted by molar-refractivity contribution is 5.87. The van der Waals surface area contributed by atoms with Crippen molar-refractivity contribution in [3.63, 3.8) is 0 Å². The molecule has 0 bridgehead atoms. The standard InChI is InChI=1S/C28H38O7/c1-19(2)6-12-23-27(3,35-23)26-25(31-5)22(14-15-28(26)18-33-28)34-24(29)13-9-20-7-10-21(11-8-20)32-17-16-30-4/h6-11,13,22-23,25-26H,12,14-18H2,1-5H3/b13-9+/t22-,23?,25-,26?,27?,28?/m1/s1. The van der Waals surface area contributed by atoms with Gasteiger partial charge in [-0.05, 0) is 63.8 Å². The van der Waals surface area contributed by atoms with Crippen molar-refractivity contribution in [1.82, 2.24) is 0 Å². The van der Waals surface area contributed by atoms with Crippen LogP contribution in [0, 0.1) is 5.92 Å². The summed E-state index contributed by atoms with van der Waals surface area (Å²) in [5, 5.41) is 0. The van der Waals surface area contributed by atoms with Crippen molar-refractivity contribution in [2.45, 2.75) is 69.5 Å². The molecule has 1 aromatic rings. The van der Waals surface area contributed by atoms with Gasteiger partial charge in [0.1, 0.15) is 35.8 Å². The molecule has 0 amide bonds. The van der Waals surface area contributed by atoms with E-state index >= 15 is 0 Å². The Labute approximate surface area is 208 Å². The second-order valence-corrected chi connectivity index (χ2v) is 10.1. The second kappa shape index (κ2) is 10.8. The van der Waals surface area contributed by atoms with Gasteiger partial charge in [0.05, 0.1) is 25.2 Å². The van der Waals surface area contributed by atoms with Gasteiger partial charge in [-0.2, -0.15) is 0 Å². The van der Waals surface area contributed by atoms with Crippen LogP contribution in [0.4, 0.5) is 0 Å². The molecule has 3 fully saturated rings. The number of methoxy groups -OCH3 is 2. The number of carbonyl (C=O) groups excluding carboxylic acids is 1. The lowest BCUT2D eigenvalue weighted by molar-refractivity contribution is -0.166. The molecule has 0 aromatic heterocycles. The average Bonchev–Trinajstić information content (AvgIpc) is 3.75. The molecule has 0 radical (unpaired) electrons. The van der Waals surface area contributed by atoms with Crippen LogP contribution in [0.2, 0.25) is 0 Å². The van der Waals surface area contributed by atoms with Crippen LogP contribution in [-0.4, -0.2) is 69.5 Å². The van der Waals surface area contributed by atoms with Crippen LogP contribution >= 0.6 is 0 Å². The maximum absolute atomic E-state index is 12.7. The van der Waals surface area contributed by atoms with Crippen molar-refractivity contribution in [2.75, 3.05) is 34.0 Å². The molecule has 7 heteroatoms. The van der Waals surface area contributed by atoms with Gasteiger partial charge >= 0.3 is 5.97 Å². The number of hydrogen-bond donors (Lipinski definition) is 0. The smallest absolute Gasteiger partial charge is 0.331 e. The number of rotatable bonds is 11. The zero-order chi connectivity index (χ0) is 25.1. The topological polar surface area (TPSA) is 79.1 Å². The predicted molar refractivity (Wildman–Crippen MR) is 132 cm³/mol. The van der Waals surface area contributed by atoms with Gasteiger partial charge < -0.3 is 28.4 Å². The van der Waals surface area contributed by atoms with Gasteiger partial charge in [0.2, 0.25) is 0 Å². The summed E-state index contributed by atoms with van der Waals surface area (Å²) in [5.41, 5.74) is 1.58. The third-order valence-electron chi connectivity index (χ3n) is 7.35. The summed E-state index contributed by atoms with van der Waals surface area (Å²) >= 11 is 0. The van der Waals surface area contributed by atoms with E-state index in [-0.39, 0.29) is 41.4 Å². The normalized spacial score (nSPS) is 33.5. The molecule has 1 saturated carbocycles. The van der Waals surface area contributed by atoms with Gasteiger partial charge in [-0.25, -0.2) is 4.79 Å². The number of hydrogen-bond acceptors (Lipinski definition) is 7. The van der Waals surface area contributed by atoms with E-state index in [1.807, 2.05) is 24.3 Å². The molecular weight excluding hydrogens is 448 g/mol. The Balaban J connectivity index is 1.37. The number of ether oxygens (including phenoxy) is 6. The minimum absolute atomic E-state index is 0.0109. The van der Waals surface area contributed by atoms with E-state index in [1.165, 1.54) is 11.6 Å². The lowest BCUT2D eigenvalue weighted by Gasteiger charge is -2.42. The molecule has 7 nitrogen and oxygen atoms in total. The maximum Gasteiger partial charge on any atom is 0.331 e. The van der Waals surface area contributed by atoms with E-state index in [9.17, 15) is 4.79 Å². The Morgan fingerprint density at radius 1 is 1.17 bits per heavy atom. The number of carbonyl (C=O) groups is 1. The maximum atomic E-state index is 12.7. The van der Waals surface area contributed by atoms with Crippen LogP contribution in [-0.2, 0) is 28.5 Å². The molecule has 192 valence electrons. The SMILES string of the molecule is COCCOc1ccc(/C=C/C(=O)O[C@@H]2CCC3(CO3)C(C3(C)OC3CC=C(C)C)[C@@H]2OC)cc1. The fourth-order valence-electron chi connectivity index (χ4n) is 5.34. The fourth-order valence-corrected chi connectivity index (χ4v) is 5.34. The first-order chi connectivity index (χ1) is 16.8. The van der Waals surface area contributed by atoms with Crippen LogP contribution in [0.3, 0.4) is 0 Å². The molecule has 2 saturated heterocycles. The van der Waals surface area contributed by atoms with Crippen molar-refractivity contribution < 1.29 is 33.2 Å². The summed E-state index contributed by atoms with van der Waals surface area (Å²) in [4.78, 5) is 12.7. The van der Waals surface area contributed by atoms with Crippen LogP contribution in [0.25, 0.3) is 6.08 Å². The largest absolute Gasteiger partial charge is 0.491 e. The summed E-state index contributed by atoms with van der Waals surface area (Å²) in [6, 6.07) is 7.52. The van der Waals surface area contributed by atoms with Crippen LogP contribution in [0.15, 0.2) is 42.0 Å². The average molecular weight is 487 g/mol. The first-order valence-corrected chi connectivity index (χ1v) is 12.4. The summed E-state index contributed by atoms with van der Waals surface area (Å²) < 4.78 is 34.6. The van der Waals surface area contributed by atoms with Gasteiger partial charge in [0.25, 0.3) is 0 Å². The Kier molecular flexibility index (Phi) is 8.01. The molecule has 3 aliphatic rings. The zero-order valence-corrected chi connectivity index (χ0v) is 21.5. The third kappa shape index (κ3) is 5.97. The Morgan fingerprint density at radius 2 is 1.91 bits per heavy atom. The quantitative estimate of drug-likeness (QED) is 0.151. The highest BCUT2D eigenvalue weighted by Gasteiger charge is 2.72. The molecule has 4 rings (SSSR count). The summed E-state index contributed by atoms with van der Waals surface area (Å²) in [5.74, 6) is 0.386. The van der Waals surface area contributed by atoms with Crippen molar-refractivity contribution in [3.8, 4) is 5.75 Å². The molecule has 2 aliphatic heterocycles. The predicted octanol–water partition coefficient (Wildman–Crippen LogP) is 4.34. The Morgan fingerprint density at radius 3 is 2.54 bits per heavy atom. The second-order valence-electron chi connectivity index (χ2n) is 10.1. The van der Waals surface area contributed by atoms with Gasteiger partial charge in [-0.1, -0.05) is 23.8 Å². The zero-order valence-electron chi connectivity index (χ0n) is 21.5. The van der Waals surface area contributed by atoms with E-state index in [0.29, 0.717) is 26.2 Å². The number of benzene rings is 1. The first-order valence-electron chi connectivity index (χ1n) is 12.4. The van der Waals surface area contributed by atoms with Gasteiger partial charge in [-0.15, -0.1) is 0 Å². The van der Waals surface area contributed by atoms with Gasteiger partial charge in [0, 0.05) is 20.3 Å². The van der Waals surface area contributed by atoms with E-state index in [4.69, 9.17) is 28.4 Å². The van der Waals surface area contributed by atoms with Crippen molar-refractivity contribution in [2.24, 2.45) is 5.92 Å². The van der Waals surface area contributed by atoms with E-state index in [0.717, 1.165) is 24.2 Å². The number of esters is 1. The summed E-state index contributed by atoms with van der Waals surface area (Å²) in [6.45, 7) is 8.07. The molecule has 1 aliphatic carbocycles. The summed E-state index contributed by atoms with van der Waals surface area (Å²) in [7, 11) is 3.32. The lowest BCUT2D eigenvalue weighted by atomic mass is 9.68. The van der Waals surface area contributed by atoms with Gasteiger partial charge in [0.15, 0.2) is 0 Å². The minimum Gasteiger partial charge on any atom is -0.491 e. The highest BCUT2D eigenvalue weighted by Crippen LogP contribution is 2.59. The van der Waals surface area contributed by atoms with E-state index < -0.39 is 0 Å². The molecule has 2 heterocycles. The first kappa shape index (κ1) is 25.9. The molecule has 1 aromatic carbocycles. The van der Waals surface area contributed by atoms with Crippen molar-refractivity contribution >= 4 is 12.0 Å². The molecule has 4 unspecified atom stereocenters. The number of allylic oxidation sites excluding steroid dienone is 1. The van der Waals surface area contributed by atoms with Crippen LogP contribution in [0.1, 0.15) is 45.6 Å². The minimum atomic E-state index is -0.383. The van der Waals surface area contributed by atoms with E-state index in [2.05, 4.69) is 26.8 Å².